The Bertz CT molecular complexity index is 741. The number of benzene rings is 1. The summed E-state index contributed by atoms with van der Waals surface area (Å²) in [4.78, 5) is 15.1. The van der Waals surface area contributed by atoms with Gasteiger partial charge in [0.05, 0.1) is 12.6 Å². The molecular weight excluding hydrogens is 292 g/mol. The van der Waals surface area contributed by atoms with E-state index in [0.29, 0.717) is 17.7 Å². The molecule has 6 nitrogen and oxygen atoms in total. The van der Waals surface area contributed by atoms with Gasteiger partial charge in [0.25, 0.3) is 5.91 Å². The number of carbonyl (C=O) groups is 1. The Balaban J connectivity index is 1.51. The number of nitrogens with one attached hydrogen (secondary N) is 2. The van der Waals surface area contributed by atoms with Crippen LogP contribution in [0.4, 0.5) is 0 Å². The minimum atomic E-state index is -0.0961. The number of aromatic amines is 1. The molecule has 6 heteroatoms. The number of piperidine rings is 1. The Morgan fingerprint density at radius 3 is 3.17 bits per heavy atom. The molecule has 1 saturated heterocycles. The van der Waals surface area contributed by atoms with Crippen LogP contribution in [-0.4, -0.2) is 53.8 Å². The number of likely N-dealkylation sites (tertiary alicyclic amines) is 1. The lowest BCUT2D eigenvalue weighted by molar-refractivity contribution is 0.00627. The van der Waals surface area contributed by atoms with Gasteiger partial charge in [0.2, 0.25) is 0 Å². The number of fused-ring (bicyclic) bond motifs is 2. The summed E-state index contributed by atoms with van der Waals surface area (Å²) in [6.07, 6.45) is 3.46. The highest BCUT2D eigenvalue weighted by molar-refractivity contribution is 6.05. The monoisotopic (exact) mass is 314 g/mol. The van der Waals surface area contributed by atoms with E-state index in [9.17, 15) is 4.79 Å². The molecule has 1 saturated carbocycles. The largest absolute Gasteiger partial charge is 0.497 e. The number of hydrogen-bond acceptors (Lipinski definition) is 4. The second kappa shape index (κ2) is 5.53. The molecule has 0 bridgehead atoms. The fraction of sp³-hybridized carbons (Fsp3) is 0.529. The predicted octanol–water partition coefficient (Wildman–Crippen LogP) is 1.78. The minimum absolute atomic E-state index is 0.0961. The van der Waals surface area contributed by atoms with E-state index >= 15 is 0 Å². The molecule has 23 heavy (non-hydrogen) atoms. The number of methoxy groups -OCH3 is 1. The van der Waals surface area contributed by atoms with Crippen molar-refractivity contribution in [2.45, 2.75) is 31.3 Å². The topological polar surface area (TPSA) is 70.2 Å². The third-order valence-electron chi connectivity index (χ3n) is 5.42. The normalized spacial score (nSPS) is 27.3. The number of aromatic nitrogens is 2. The molecule has 1 aliphatic heterocycles. The summed E-state index contributed by atoms with van der Waals surface area (Å²) < 4.78 is 5.24. The molecule has 1 aromatic heterocycles. The van der Waals surface area contributed by atoms with E-state index in [-0.39, 0.29) is 11.9 Å². The molecule has 3 unspecified atom stereocenters. The van der Waals surface area contributed by atoms with Crippen molar-refractivity contribution in [2.75, 3.05) is 20.7 Å². The van der Waals surface area contributed by atoms with Crippen molar-refractivity contribution in [3.63, 3.8) is 0 Å². The highest BCUT2D eigenvalue weighted by Gasteiger charge is 2.45. The Hall–Kier alpha value is -2.08. The molecule has 0 radical (unpaired) electrons. The number of rotatable bonds is 3. The highest BCUT2D eigenvalue weighted by atomic mass is 16.5. The molecule has 1 amide bonds. The average Bonchev–Trinajstić information content (AvgIpc) is 2.97. The van der Waals surface area contributed by atoms with Gasteiger partial charge in [0, 0.05) is 17.5 Å². The zero-order valence-electron chi connectivity index (χ0n) is 13.5. The number of ether oxygens (including phenoxy) is 1. The molecule has 4 rings (SSSR count). The molecule has 1 aromatic carbocycles. The fourth-order valence-corrected chi connectivity index (χ4v) is 4.02. The maximum Gasteiger partial charge on any atom is 0.272 e. The van der Waals surface area contributed by atoms with Gasteiger partial charge in [-0.3, -0.25) is 9.89 Å². The summed E-state index contributed by atoms with van der Waals surface area (Å²) in [5, 5.41) is 11.1. The van der Waals surface area contributed by atoms with Crippen molar-refractivity contribution in [3.05, 3.63) is 23.9 Å². The molecule has 0 spiro atoms. The summed E-state index contributed by atoms with van der Waals surface area (Å²) >= 11 is 0. The third kappa shape index (κ3) is 2.37. The van der Waals surface area contributed by atoms with Crippen LogP contribution < -0.4 is 10.1 Å². The van der Waals surface area contributed by atoms with Gasteiger partial charge in [-0.05, 0) is 57.0 Å². The van der Waals surface area contributed by atoms with Crippen molar-refractivity contribution < 1.29 is 9.53 Å². The van der Waals surface area contributed by atoms with Crippen LogP contribution in [-0.2, 0) is 0 Å². The SMILES string of the molecule is COc1ccc2[nH]nc(C(=O)NC3CC4C3CCCN4C)c2c1. The average molecular weight is 314 g/mol. The highest BCUT2D eigenvalue weighted by Crippen LogP contribution is 2.39. The van der Waals surface area contributed by atoms with E-state index in [0.717, 1.165) is 23.1 Å². The van der Waals surface area contributed by atoms with Gasteiger partial charge in [-0.1, -0.05) is 0 Å². The summed E-state index contributed by atoms with van der Waals surface area (Å²) in [6.45, 7) is 1.17. The second-order valence-corrected chi connectivity index (χ2v) is 6.65. The van der Waals surface area contributed by atoms with E-state index in [1.54, 1.807) is 7.11 Å². The summed E-state index contributed by atoms with van der Waals surface area (Å²) in [7, 11) is 3.80. The first-order valence-electron chi connectivity index (χ1n) is 8.20. The van der Waals surface area contributed by atoms with Crippen LogP contribution >= 0.6 is 0 Å². The number of carbonyl (C=O) groups excluding carboxylic acids is 1. The number of nitrogens with zero attached hydrogens (tertiary/aromatic N) is 2. The predicted molar refractivity (Wildman–Crippen MR) is 87.7 cm³/mol. The molecule has 3 atom stereocenters. The van der Waals surface area contributed by atoms with Crippen LogP contribution in [0.2, 0.25) is 0 Å². The van der Waals surface area contributed by atoms with Crippen molar-refractivity contribution >= 4 is 16.8 Å². The first-order chi connectivity index (χ1) is 11.2. The van der Waals surface area contributed by atoms with E-state index < -0.39 is 0 Å². The van der Waals surface area contributed by atoms with Gasteiger partial charge < -0.3 is 15.0 Å². The number of H-pyrrole nitrogens is 1. The smallest absolute Gasteiger partial charge is 0.272 e. The van der Waals surface area contributed by atoms with E-state index in [4.69, 9.17) is 4.74 Å². The van der Waals surface area contributed by atoms with Gasteiger partial charge in [-0.2, -0.15) is 5.10 Å². The molecule has 2 heterocycles. The summed E-state index contributed by atoms with van der Waals surface area (Å²) in [5.41, 5.74) is 1.30. The van der Waals surface area contributed by atoms with Crippen LogP contribution in [0, 0.1) is 5.92 Å². The van der Waals surface area contributed by atoms with Gasteiger partial charge in [0.15, 0.2) is 5.69 Å². The van der Waals surface area contributed by atoms with Crippen LogP contribution in [0.5, 0.6) is 5.75 Å². The quantitative estimate of drug-likeness (QED) is 0.906. The fourth-order valence-electron chi connectivity index (χ4n) is 4.02. The van der Waals surface area contributed by atoms with Gasteiger partial charge >= 0.3 is 0 Å². The zero-order chi connectivity index (χ0) is 16.0. The standard InChI is InChI=1S/C17H22N4O2/c1-21-7-3-4-11-14(9-15(11)21)18-17(22)16-12-8-10(23-2)5-6-13(12)19-20-16/h5-6,8,11,14-15H,3-4,7,9H2,1-2H3,(H,18,22)(H,19,20). The molecular formula is C17H22N4O2. The molecule has 1 aliphatic carbocycles. The number of hydrogen-bond donors (Lipinski definition) is 2. The maximum absolute atomic E-state index is 12.6. The van der Waals surface area contributed by atoms with Crippen LogP contribution in [0.25, 0.3) is 10.9 Å². The minimum Gasteiger partial charge on any atom is -0.497 e. The second-order valence-electron chi connectivity index (χ2n) is 6.65. The van der Waals surface area contributed by atoms with Gasteiger partial charge in [-0.25, -0.2) is 0 Å². The van der Waals surface area contributed by atoms with Gasteiger partial charge in [-0.15, -0.1) is 0 Å². The van der Waals surface area contributed by atoms with Crippen molar-refractivity contribution in [2.24, 2.45) is 5.92 Å². The first kappa shape index (κ1) is 14.5. The lowest BCUT2D eigenvalue weighted by Crippen LogP contribution is -2.62. The van der Waals surface area contributed by atoms with Crippen molar-refractivity contribution in [3.8, 4) is 5.75 Å². The lowest BCUT2D eigenvalue weighted by Gasteiger charge is -2.52. The molecule has 2 N–H and O–H groups in total. The molecule has 122 valence electrons. The first-order valence-corrected chi connectivity index (χ1v) is 8.20. The Morgan fingerprint density at radius 1 is 1.48 bits per heavy atom. The number of amides is 1. The summed E-state index contributed by atoms with van der Waals surface area (Å²) in [5.74, 6) is 1.21. The van der Waals surface area contributed by atoms with Crippen LogP contribution in [0.3, 0.4) is 0 Å². The molecule has 2 aromatic rings. The maximum atomic E-state index is 12.6. The molecule has 2 aliphatic rings. The van der Waals surface area contributed by atoms with Crippen LogP contribution in [0.15, 0.2) is 18.2 Å². The Labute approximate surface area is 135 Å². The van der Waals surface area contributed by atoms with E-state index in [1.165, 1.54) is 19.4 Å². The Morgan fingerprint density at radius 2 is 2.35 bits per heavy atom. The van der Waals surface area contributed by atoms with Crippen LogP contribution in [0.1, 0.15) is 29.8 Å². The zero-order valence-corrected chi connectivity index (χ0v) is 13.5. The summed E-state index contributed by atoms with van der Waals surface area (Å²) in [6, 6.07) is 6.49. The van der Waals surface area contributed by atoms with E-state index in [1.807, 2.05) is 18.2 Å². The third-order valence-corrected chi connectivity index (χ3v) is 5.42. The van der Waals surface area contributed by atoms with E-state index in [2.05, 4.69) is 27.5 Å². The van der Waals surface area contributed by atoms with Gasteiger partial charge in [0.1, 0.15) is 5.75 Å². The Kier molecular flexibility index (Phi) is 3.49. The molecule has 2 fully saturated rings. The van der Waals surface area contributed by atoms with Crippen molar-refractivity contribution in [1.82, 2.24) is 20.4 Å². The lowest BCUT2D eigenvalue weighted by atomic mass is 9.69. The van der Waals surface area contributed by atoms with Crippen molar-refractivity contribution in [1.29, 1.82) is 0 Å².